The number of carbonyl (C=O) groups is 2. The number of hydrogen-bond acceptors (Lipinski definition) is 7. The summed E-state index contributed by atoms with van der Waals surface area (Å²) < 4.78 is 10.8. The Morgan fingerprint density at radius 1 is 1.00 bits per heavy atom. The van der Waals surface area contributed by atoms with Crippen LogP contribution in [-0.4, -0.2) is 36.0 Å². The second kappa shape index (κ2) is 15.2. The van der Waals surface area contributed by atoms with Crippen LogP contribution in [0.15, 0.2) is 53.4 Å². The van der Waals surface area contributed by atoms with Gasteiger partial charge >= 0.3 is 5.97 Å². The number of carbonyl (C=O) groups excluding carboxylic acids is 2. The van der Waals surface area contributed by atoms with E-state index in [1.165, 1.54) is 34.4 Å². The normalized spacial score (nSPS) is 13.6. The van der Waals surface area contributed by atoms with E-state index in [4.69, 9.17) is 21.7 Å². The van der Waals surface area contributed by atoms with E-state index in [2.05, 4.69) is 16.0 Å². The van der Waals surface area contributed by atoms with Gasteiger partial charge in [0.05, 0.1) is 30.2 Å². The molecule has 3 aromatic rings. The molecule has 7 nitrogen and oxygen atoms in total. The molecule has 41 heavy (non-hydrogen) atoms. The van der Waals surface area contributed by atoms with Crippen LogP contribution >= 0.6 is 35.3 Å². The number of esters is 1. The zero-order valence-electron chi connectivity index (χ0n) is 23.7. The van der Waals surface area contributed by atoms with Gasteiger partial charge in [0.1, 0.15) is 10.8 Å². The minimum absolute atomic E-state index is 0.121. The fourth-order valence-electron chi connectivity index (χ4n) is 4.79. The molecule has 2 aromatic carbocycles. The lowest BCUT2D eigenvalue weighted by molar-refractivity contribution is -0.115. The van der Waals surface area contributed by atoms with Crippen molar-refractivity contribution < 1.29 is 19.1 Å². The number of nitrogens with one attached hydrogen (secondary N) is 3. The summed E-state index contributed by atoms with van der Waals surface area (Å²) in [7, 11) is 1.62. The zero-order valence-corrected chi connectivity index (χ0v) is 26.2. The summed E-state index contributed by atoms with van der Waals surface area (Å²) in [4.78, 5) is 28.6. The molecule has 0 radical (unpaired) electrons. The number of rotatable bonds is 10. The standard InChI is InChI=1S/C31H37N3O4S3/c1-4-25(28(35)34-29-27(30(36)38-5-2)22-15-8-6-7-9-18-26(22)41-29)40-21-14-12-13-20(19-21)32-31(39)33-23-16-10-11-17-24(23)37-3/h10-14,16-17,19,25H,4-9,15,18H2,1-3H3,(H,34,35)(H2,32,33,39). The lowest BCUT2D eigenvalue weighted by Crippen LogP contribution is -2.25. The van der Waals surface area contributed by atoms with Gasteiger partial charge in [0, 0.05) is 15.5 Å². The lowest BCUT2D eigenvalue weighted by atomic mass is 9.96. The van der Waals surface area contributed by atoms with Crippen LogP contribution in [0.4, 0.5) is 16.4 Å². The fourth-order valence-corrected chi connectivity index (χ4v) is 7.31. The number of thioether (sulfide) groups is 1. The molecule has 1 atom stereocenters. The first-order valence-electron chi connectivity index (χ1n) is 14.0. The quantitative estimate of drug-likeness (QED) is 0.121. The third-order valence-electron chi connectivity index (χ3n) is 6.78. The van der Waals surface area contributed by atoms with Crippen molar-refractivity contribution >= 4 is 68.7 Å². The molecule has 0 aliphatic heterocycles. The van der Waals surface area contributed by atoms with E-state index in [1.807, 2.05) is 55.5 Å². The number of fused-ring (bicyclic) bond motifs is 1. The Hall–Kier alpha value is -3.08. The third-order valence-corrected chi connectivity index (χ3v) is 9.55. The van der Waals surface area contributed by atoms with Gasteiger partial charge in [0.15, 0.2) is 5.11 Å². The third kappa shape index (κ3) is 8.24. The van der Waals surface area contributed by atoms with E-state index < -0.39 is 0 Å². The topological polar surface area (TPSA) is 88.7 Å². The second-order valence-corrected chi connectivity index (χ2v) is 12.4. The number of amides is 1. The number of benzene rings is 2. The Labute approximate surface area is 255 Å². The number of thiocarbonyl (C=S) groups is 1. The van der Waals surface area contributed by atoms with Crippen molar-refractivity contribution in [3.8, 4) is 5.75 Å². The molecule has 1 aromatic heterocycles. The van der Waals surface area contributed by atoms with E-state index in [1.54, 1.807) is 14.0 Å². The Bertz CT molecular complexity index is 1370. The highest BCUT2D eigenvalue weighted by Crippen LogP contribution is 2.38. The summed E-state index contributed by atoms with van der Waals surface area (Å²) in [6.45, 7) is 4.10. The minimum atomic E-state index is -0.349. The van der Waals surface area contributed by atoms with Crippen LogP contribution in [0.3, 0.4) is 0 Å². The van der Waals surface area contributed by atoms with Crippen molar-refractivity contribution in [3.05, 3.63) is 64.5 Å². The smallest absolute Gasteiger partial charge is 0.341 e. The van der Waals surface area contributed by atoms with E-state index >= 15 is 0 Å². The van der Waals surface area contributed by atoms with Gasteiger partial charge < -0.3 is 25.4 Å². The van der Waals surface area contributed by atoms with Crippen LogP contribution in [0.5, 0.6) is 5.75 Å². The first-order chi connectivity index (χ1) is 19.9. The molecule has 1 aliphatic carbocycles. The summed E-state index contributed by atoms with van der Waals surface area (Å²) >= 11 is 8.53. The molecule has 0 saturated carbocycles. The van der Waals surface area contributed by atoms with Crippen molar-refractivity contribution in [2.75, 3.05) is 29.7 Å². The van der Waals surface area contributed by atoms with Gasteiger partial charge in [-0.2, -0.15) is 0 Å². The second-order valence-electron chi connectivity index (χ2n) is 9.65. The van der Waals surface area contributed by atoms with Crippen LogP contribution in [0.25, 0.3) is 0 Å². The molecule has 218 valence electrons. The van der Waals surface area contributed by atoms with Gasteiger partial charge in [-0.1, -0.05) is 38.0 Å². The molecule has 4 rings (SSSR count). The highest BCUT2D eigenvalue weighted by Gasteiger charge is 2.28. The fraction of sp³-hybridized carbons (Fsp3) is 0.387. The predicted molar refractivity (Wildman–Crippen MR) is 174 cm³/mol. The van der Waals surface area contributed by atoms with Gasteiger partial charge in [-0.15, -0.1) is 23.1 Å². The predicted octanol–water partition coefficient (Wildman–Crippen LogP) is 7.91. The summed E-state index contributed by atoms with van der Waals surface area (Å²) in [5.74, 6) is 0.226. The van der Waals surface area contributed by atoms with Crippen LogP contribution in [0.1, 0.15) is 66.8 Å². The SMILES string of the molecule is CCOC(=O)c1c(NC(=O)C(CC)Sc2cccc(NC(=S)Nc3ccccc3OC)c2)sc2c1CCCCCC2. The Balaban J connectivity index is 1.46. The molecule has 1 unspecified atom stereocenters. The zero-order chi connectivity index (χ0) is 29.2. The first-order valence-corrected chi connectivity index (χ1v) is 16.1. The molecule has 0 spiro atoms. The Morgan fingerprint density at radius 3 is 2.54 bits per heavy atom. The molecule has 0 fully saturated rings. The number of thiophene rings is 1. The first kappa shape index (κ1) is 30.9. The number of para-hydroxylation sites is 2. The molecule has 1 amide bonds. The Kier molecular flexibility index (Phi) is 11.5. The molecule has 10 heteroatoms. The van der Waals surface area contributed by atoms with Gasteiger partial charge in [0.2, 0.25) is 5.91 Å². The molecular weight excluding hydrogens is 575 g/mol. The Morgan fingerprint density at radius 2 is 1.78 bits per heavy atom. The van der Waals surface area contributed by atoms with Crippen LogP contribution < -0.4 is 20.7 Å². The maximum Gasteiger partial charge on any atom is 0.341 e. The summed E-state index contributed by atoms with van der Waals surface area (Å²) in [6, 6.07) is 15.4. The van der Waals surface area contributed by atoms with E-state index in [0.29, 0.717) is 34.5 Å². The monoisotopic (exact) mass is 611 g/mol. The average molecular weight is 612 g/mol. The van der Waals surface area contributed by atoms with Crippen molar-refractivity contribution in [2.45, 2.75) is 68.9 Å². The molecule has 1 aliphatic rings. The van der Waals surface area contributed by atoms with Crippen molar-refractivity contribution in [1.29, 1.82) is 0 Å². The van der Waals surface area contributed by atoms with Gasteiger partial charge in [0.25, 0.3) is 0 Å². The summed E-state index contributed by atoms with van der Waals surface area (Å²) in [5.41, 5.74) is 3.18. The maximum absolute atomic E-state index is 13.5. The lowest BCUT2D eigenvalue weighted by Gasteiger charge is -2.16. The van der Waals surface area contributed by atoms with Crippen molar-refractivity contribution in [2.24, 2.45) is 0 Å². The number of ether oxygens (including phenoxy) is 2. The van der Waals surface area contributed by atoms with E-state index in [0.717, 1.165) is 53.9 Å². The highest BCUT2D eigenvalue weighted by atomic mass is 32.2. The maximum atomic E-state index is 13.5. The van der Waals surface area contributed by atoms with Gasteiger partial charge in [-0.3, -0.25) is 4.79 Å². The van der Waals surface area contributed by atoms with Crippen LogP contribution in [0, 0.1) is 0 Å². The van der Waals surface area contributed by atoms with Crippen LogP contribution in [-0.2, 0) is 22.4 Å². The van der Waals surface area contributed by atoms with E-state index in [-0.39, 0.29) is 17.1 Å². The largest absolute Gasteiger partial charge is 0.495 e. The molecular formula is C31H37N3O4S3. The average Bonchev–Trinajstić information content (AvgIpc) is 3.27. The number of methoxy groups -OCH3 is 1. The minimum Gasteiger partial charge on any atom is -0.495 e. The van der Waals surface area contributed by atoms with E-state index in [9.17, 15) is 9.59 Å². The molecule has 1 heterocycles. The molecule has 0 bridgehead atoms. The van der Waals surface area contributed by atoms with Crippen LogP contribution in [0.2, 0.25) is 0 Å². The number of hydrogen-bond donors (Lipinski definition) is 3. The summed E-state index contributed by atoms with van der Waals surface area (Å²) in [6.07, 6.45) is 6.89. The van der Waals surface area contributed by atoms with Gasteiger partial charge in [-0.25, -0.2) is 4.79 Å². The van der Waals surface area contributed by atoms with Crippen molar-refractivity contribution in [3.63, 3.8) is 0 Å². The highest BCUT2D eigenvalue weighted by molar-refractivity contribution is 8.00. The van der Waals surface area contributed by atoms with Crippen molar-refractivity contribution in [1.82, 2.24) is 0 Å². The number of aryl methyl sites for hydroxylation is 1. The molecule has 0 saturated heterocycles. The van der Waals surface area contributed by atoms with Gasteiger partial charge in [-0.05, 0) is 87.1 Å². The number of anilines is 3. The molecule has 3 N–H and O–H groups in total. The summed E-state index contributed by atoms with van der Waals surface area (Å²) in [5, 5.41) is 10.2.